The molecule has 0 spiro atoms. The molecule has 5 aromatic rings. The van der Waals surface area contributed by atoms with E-state index in [4.69, 9.17) is 23.9 Å². The summed E-state index contributed by atoms with van der Waals surface area (Å²) in [6, 6.07) is 15.5. The van der Waals surface area contributed by atoms with E-state index in [0.717, 1.165) is 22.2 Å². The Hall–Kier alpha value is -4.53. The lowest BCUT2D eigenvalue weighted by Gasteiger charge is -2.19. The van der Waals surface area contributed by atoms with E-state index in [0.29, 0.717) is 39.5 Å². The molecule has 0 aliphatic rings. The number of benzene rings is 2. The number of carbonyl (C=O) groups excluding carboxylic acids is 1. The number of aromatic nitrogens is 4. The predicted octanol–water partition coefficient (Wildman–Crippen LogP) is 6.07. The van der Waals surface area contributed by atoms with Crippen LogP contribution in [0.4, 0.5) is 4.79 Å². The van der Waals surface area contributed by atoms with E-state index in [2.05, 4.69) is 21.8 Å². The van der Waals surface area contributed by atoms with Crippen molar-refractivity contribution >= 4 is 28.0 Å². The number of pyridine rings is 1. The number of carbonyl (C=O) groups is 1. The van der Waals surface area contributed by atoms with E-state index >= 15 is 0 Å². The summed E-state index contributed by atoms with van der Waals surface area (Å²) >= 11 is 0. The summed E-state index contributed by atoms with van der Waals surface area (Å²) in [5.41, 5.74) is 4.32. The van der Waals surface area contributed by atoms with Crippen molar-refractivity contribution in [3.63, 3.8) is 0 Å². The van der Waals surface area contributed by atoms with E-state index in [1.165, 1.54) is 4.68 Å². The van der Waals surface area contributed by atoms with Crippen LogP contribution in [0, 0.1) is 0 Å². The smallest absolute Gasteiger partial charge is 0.435 e. The molecule has 0 unspecified atom stereocenters. The fraction of sp³-hybridized carbons (Fsp3) is 0.276. The molecule has 9 heteroatoms. The number of nitrogens with zero attached hydrogens (tertiary/aromatic N) is 4. The Morgan fingerprint density at radius 2 is 1.61 bits per heavy atom. The second-order valence-corrected chi connectivity index (χ2v) is 9.88. The lowest BCUT2D eigenvalue weighted by atomic mass is 10.0. The number of rotatable bonds is 5. The van der Waals surface area contributed by atoms with Crippen LogP contribution < -0.4 is 14.2 Å². The van der Waals surface area contributed by atoms with Gasteiger partial charge in [0.15, 0.2) is 11.5 Å². The van der Waals surface area contributed by atoms with Gasteiger partial charge in [-0.25, -0.2) is 9.78 Å². The van der Waals surface area contributed by atoms with E-state index < -0.39 is 11.7 Å². The highest BCUT2D eigenvalue weighted by Gasteiger charge is 2.25. The first-order valence-corrected chi connectivity index (χ1v) is 12.1. The van der Waals surface area contributed by atoms with E-state index in [-0.39, 0.29) is 0 Å². The molecule has 0 fully saturated rings. The third-order valence-corrected chi connectivity index (χ3v) is 6.23. The minimum atomic E-state index is -0.696. The summed E-state index contributed by atoms with van der Waals surface area (Å²) in [6.07, 6.45) is 1.43. The molecular weight excluding hydrogens is 484 g/mol. The number of fused-ring (bicyclic) bond motifs is 2. The van der Waals surface area contributed by atoms with Gasteiger partial charge in [0.1, 0.15) is 16.8 Å². The van der Waals surface area contributed by atoms with Gasteiger partial charge in [0, 0.05) is 35.3 Å². The maximum atomic E-state index is 13.2. The summed E-state index contributed by atoms with van der Waals surface area (Å²) < 4.78 is 25.6. The van der Waals surface area contributed by atoms with Crippen LogP contribution in [0.2, 0.25) is 0 Å². The van der Waals surface area contributed by atoms with Gasteiger partial charge in [-0.3, -0.25) is 0 Å². The number of ether oxygens (including phenoxy) is 4. The molecule has 3 heterocycles. The predicted molar refractivity (Wildman–Crippen MR) is 146 cm³/mol. The molecule has 2 aromatic carbocycles. The van der Waals surface area contributed by atoms with Crippen LogP contribution in [0.3, 0.4) is 0 Å². The molecule has 9 nitrogen and oxygen atoms in total. The zero-order valence-corrected chi connectivity index (χ0v) is 22.5. The highest BCUT2D eigenvalue weighted by atomic mass is 16.6. The van der Waals surface area contributed by atoms with Crippen LogP contribution in [0.15, 0.2) is 54.7 Å². The molecule has 0 amide bonds. The summed E-state index contributed by atoms with van der Waals surface area (Å²) in [6.45, 7) is 5.44. The van der Waals surface area contributed by atoms with Crippen molar-refractivity contribution in [3.05, 3.63) is 54.7 Å². The summed E-state index contributed by atoms with van der Waals surface area (Å²) in [4.78, 5) is 18.2. The monoisotopic (exact) mass is 514 g/mol. The Balaban J connectivity index is 1.77. The first-order chi connectivity index (χ1) is 18.1. The van der Waals surface area contributed by atoms with Crippen molar-refractivity contribution < 1.29 is 23.7 Å². The molecule has 0 N–H and O–H groups in total. The Morgan fingerprint density at radius 1 is 0.895 bits per heavy atom. The maximum absolute atomic E-state index is 13.2. The Bertz CT molecular complexity index is 1650. The first kappa shape index (κ1) is 25.1. The summed E-state index contributed by atoms with van der Waals surface area (Å²) in [7, 11) is 6.66. The number of hydrogen-bond donors (Lipinski definition) is 0. The molecule has 0 aliphatic heterocycles. The SMILES string of the molecule is COc1cc(-c2nn(C(=O)OC(C)(C)C)c3ccc(-c4cccc5c4ccn5C)nc23)cc(OC)c1OC. The maximum Gasteiger partial charge on any atom is 0.435 e. The Labute approximate surface area is 220 Å². The van der Waals surface area contributed by atoms with E-state index in [1.54, 1.807) is 33.5 Å². The second kappa shape index (κ2) is 9.41. The van der Waals surface area contributed by atoms with Gasteiger partial charge in [0.25, 0.3) is 0 Å². The molecular formula is C29H30N4O5. The van der Waals surface area contributed by atoms with Gasteiger partial charge >= 0.3 is 6.09 Å². The van der Waals surface area contributed by atoms with E-state index in [9.17, 15) is 4.79 Å². The number of hydrogen-bond acceptors (Lipinski definition) is 7. The average Bonchev–Trinajstić information content (AvgIpc) is 3.47. The van der Waals surface area contributed by atoms with Crippen molar-refractivity contribution in [2.45, 2.75) is 26.4 Å². The molecule has 5 rings (SSSR count). The van der Waals surface area contributed by atoms with Crippen molar-refractivity contribution in [3.8, 4) is 39.8 Å². The molecule has 0 saturated heterocycles. The zero-order chi connectivity index (χ0) is 27.2. The Morgan fingerprint density at radius 3 is 2.24 bits per heavy atom. The summed E-state index contributed by atoms with van der Waals surface area (Å²) in [5, 5.41) is 5.75. The molecule has 0 aliphatic carbocycles. The van der Waals surface area contributed by atoms with Crippen LogP contribution >= 0.6 is 0 Å². The third-order valence-electron chi connectivity index (χ3n) is 6.23. The van der Waals surface area contributed by atoms with Crippen LogP contribution in [-0.4, -0.2) is 52.4 Å². The lowest BCUT2D eigenvalue weighted by molar-refractivity contribution is 0.0523. The number of aryl methyl sites for hydroxylation is 1. The van der Waals surface area contributed by atoms with Crippen molar-refractivity contribution in [1.82, 2.24) is 19.3 Å². The van der Waals surface area contributed by atoms with Crippen molar-refractivity contribution in [2.75, 3.05) is 21.3 Å². The highest BCUT2D eigenvalue weighted by molar-refractivity contribution is 5.99. The van der Waals surface area contributed by atoms with Gasteiger partial charge in [0.05, 0.1) is 32.5 Å². The van der Waals surface area contributed by atoms with Gasteiger partial charge in [-0.1, -0.05) is 12.1 Å². The molecule has 0 bridgehead atoms. The largest absolute Gasteiger partial charge is 0.493 e. The van der Waals surface area contributed by atoms with Crippen LogP contribution in [0.5, 0.6) is 17.2 Å². The molecule has 0 atom stereocenters. The zero-order valence-electron chi connectivity index (χ0n) is 22.5. The van der Waals surface area contributed by atoms with Crippen LogP contribution in [0.25, 0.3) is 44.5 Å². The Kier molecular flexibility index (Phi) is 6.22. The molecule has 38 heavy (non-hydrogen) atoms. The normalized spacial score (nSPS) is 11.7. The highest BCUT2D eigenvalue weighted by Crippen LogP contribution is 2.42. The van der Waals surface area contributed by atoms with Gasteiger partial charge in [-0.05, 0) is 57.2 Å². The van der Waals surface area contributed by atoms with Gasteiger partial charge in [0.2, 0.25) is 5.75 Å². The van der Waals surface area contributed by atoms with E-state index in [1.807, 2.05) is 58.3 Å². The molecule has 0 saturated carbocycles. The van der Waals surface area contributed by atoms with Gasteiger partial charge in [-0.2, -0.15) is 9.78 Å². The summed E-state index contributed by atoms with van der Waals surface area (Å²) in [5.74, 6) is 1.39. The first-order valence-electron chi connectivity index (χ1n) is 12.1. The quantitative estimate of drug-likeness (QED) is 0.281. The third kappa shape index (κ3) is 4.30. The average molecular weight is 515 g/mol. The van der Waals surface area contributed by atoms with Crippen LogP contribution in [-0.2, 0) is 11.8 Å². The fourth-order valence-electron chi connectivity index (χ4n) is 4.53. The second-order valence-electron chi connectivity index (χ2n) is 9.88. The minimum Gasteiger partial charge on any atom is -0.493 e. The fourth-order valence-corrected chi connectivity index (χ4v) is 4.53. The minimum absolute atomic E-state index is 0.457. The lowest BCUT2D eigenvalue weighted by Crippen LogP contribution is -2.27. The van der Waals surface area contributed by atoms with Crippen LogP contribution in [0.1, 0.15) is 20.8 Å². The van der Waals surface area contributed by atoms with Crippen molar-refractivity contribution in [1.29, 1.82) is 0 Å². The molecule has 196 valence electrons. The van der Waals surface area contributed by atoms with Gasteiger partial charge < -0.3 is 23.5 Å². The molecule has 3 aromatic heterocycles. The molecule has 0 radical (unpaired) electrons. The topological polar surface area (TPSA) is 89.6 Å². The van der Waals surface area contributed by atoms with Gasteiger partial charge in [-0.15, -0.1) is 0 Å². The van der Waals surface area contributed by atoms with Crippen molar-refractivity contribution in [2.24, 2.45) is 7.05 Å². The number of methoxy groups -OCH3 is 3. The standard InChI is InChI=1S/C29H30N4O5/c1-29(2,3)38-28(34)33-22-12-11-20(18-9-8-10-21-19(18)13-14-32(21)4)30-26(22)25(31-33)17-15-23(35-5)27(37-7)24(16-17)36-6/h8-16H,1-7H3.